The fourth-order valence-electron chi connectivity index (χ4n) is 0.173. The lowest BCUT2D eigenvalue weighted by Gasteiger charge is -2.00. The van der Waals surface area contributed by atoms with Gasteiger partial charge in [0.05, 0.1) is 0 Å². The Morgan fingerprint density at radius 1 is 1.73 bits per heavy atom. The highest BCUT2D eigenvalue weighted by Gasteiger charge is 2.06. The summed E-state index contributed by atoms with van der Waals surface area (Å²) in [6.45, 7) is 1.39. The second-order valence-electron chi connectivity index (χ2n) is 1.43. The average Bonchev–Trinajstić information content (AvgIpc) is 1.90. The van der Waals surface area contributed by atoms with Crippen LogP contribution in [-0.2, 0) is 9.59 Å². The summed E-state index contributed by atoms with van der Waals surface area (Å²) in [5.74, 6) is -1.03. The second kappa shape index (κ2) is 8.34. The lowest BCUT2D eigenvalue weighted by atomic mass is 10.4. The molecular weight excluding hydrogens is 156 g/mol. The van der Waals surface area contributed by atoms with Gasteiger partial charge in [0.15, 0.2) is 5.34 Å². The van der Waals surface area contributed by atoms with Gasteiger partial charge in [-0.25, -0.2) is 0 Å². The topological polar surface area (TPSA) is 116 Å². The second-order valence-corrected chi connectivity index (χ2v) is 1.43. The molecule has 0 aromatic carbocycles. The van der Waals surface area contributed by atoms with Gasteiger partial charge in [0.25, 0.3) is 0 Å². The van der Waals surface area contributed by atoms with E-state index in [0.717, 1.165) is 0 Å². The number of amides is 1. The van der Waals surface area contributed by atoms with Crippen molar-refractivity contribution in [1.82, 2.24) is 5.32 Å². The van der Waals surface area contributed by atoms with Gasteiger partial charge in [-0.1, -0.05) is 0 Å². The molecular formula is C4H8N2O5. The zero-order valence-electron chi connectivity index (χ0n) is 5.72. The predicted molar refractivity (Wildman–Crippen MR) is 33.9 cm³/mol. The number of carboxylic acids is 1. The molecule has 0 rings (SSSR count). The van der Waals surface area contributed by atoms with Crippen molar-refractivity contribution < 1.29 is 19.9 Å². The highest BCUT2D eigenvalue weighted by Crippen LogP contribution is 1.75. The van der Waals surface area contributed by atoms with Gasteiger partial charge in [0.1, 0.15) is 6.04 Å². The van der Waals surface area contributed by atoms with E-state index in [1.807, 2.05) is 0 Å². The molecule has 3 N–H and O–H groups in total. The lowest BCUT2D eigenvalue weighted by molar-refractivity contribution is -0.140. The summed E-state index contributed by atoms with van der Waals surface area (Å²) in [4.78, 5) is 27.5. The van der Waals surface area contributed by atoms with Gasteiger partial charge in [-0.2, -0.15) is 0 Å². The van der Waals surface area contributed by atoms with Gasteiger partial charge in [-0.05, 0) is 6.92 Å². The predicted octanol–water partition coefficient (Wildman–Crippen LogP) is -0.653. The third-order valence-electron chi connectivity index (χ3n) is 0.688. The van der Waals surface area contributed by atoms with Gasteiger partial charge < -0.3 is 15.6 Å². The maximum absolute atomic E-state index is 9.87. The zero-order valence-corrected chi connectivity index (χ0v) is 5.72. The molecule has 0 aliphatic carbocycles. The Bertz CT molecular complexity index is 136. The minimum Gasteiger partial charge on any atom is -0.480 e. The quantitative estimate of drug-likeness (QED) is 0.291. The summed E-state index contributed by atoms with van der Waals surface area (Å²) in [5, 5.41) is 18.0. The van der Waals surface area contributed by atoms with Crippen molar-refractivity contribution in [3.05, 3.63) is 4.91 Å². The Morgan fingerprint density at radius 2 is 2.09 bits per heavy atom. The first-order valence-corrected chi connectivity index (χ1v) is 2.49. The number of hydrogen-bond acceptors (Lipinski definition) is 4. The maximum atomic E-state index is 9.87. The monoisotopic (exact) mass is 164 g/mol. The minimum absolute atomic E-state index is 0.360. The maximum Gasteiger partial charge on any atom is 0.325 e. The Balaban J connectivity index is 0. The largest absolute Gasteiger partial charge is 0.480 e. The molecule has 1 atom stereocenters. The molecule has 1 unspecified atom stereocenters. The van der Waals surface area contributed by atoms with Crippen molar-refractivity contribution in [3.63, 3.8) is 0 Å². The number of carbonyl (C=O) groups is 2. The third-order valence-corrected chi connectivity index (χ3v) is 0.688. The zero-order chi connectivity index (χ0) is 9.28. The Hall–Kier alpha value is -1.66. The molecule has 0 spiro atoms. The van der Waals surface area contributed by atoms with Crippen LogP contribution in [-0.4, -0.2) is 28.7 Å². The molecule has 0 saturated heterocycles. The van der Waals surface area contributed by atoms with Crippen LogP contribution >= 0.6 is 0 Å². The number of carboxylic acid groups (broad SMARTS) is 1. The fourth-order valence-corrected chi connectivity index (χ4v) is 0.173. The number of nitrogens with one attached hydrogen (secondary N) is 1. The van der Waals surface area contributed by atoms with Crippen LogP contribution in [0.3, 0.4) is 0 Å². The molecule has 0 aliphatic heterocycles. The highest BCUT2D eigenvalue weighted by atomic mass is 16.6. The molecule has 1 amide bonds. The first kappa shape index (κ1) is 12.1. The molecule has 64 valence electrons. The van der Waals surface area contributed by atoms with Gasteiger partial charge in [0, 0.05) is 0 Å². The van der Waals surface area contributed by atoms with Crippen molar-refractivity contribution in [2.24, 2.45) is 5.34 Å². The van der Waals surface area contributed by atoms with Crippen LogP contribution in [0.2, 0.25) is 0 Å². The van der Waals surface area contributed by atoms with Crippen LogP contribution in [0.4, 0.5) is 0 Å². The molecule has 0 fully saturated rings. The van der Waals surface area contributed by atoms with Crippen LogP contribution in [0.25, 0.3) is 0 Å². The number of carbonyl (C=O) groups excluding carboxylic acids is 1. The number of hydrogen-bond donors (Lipinski definition) is 3. The average molecular weight is 164 g/mol. The molecule has 0 aromatic rings. The first-order chi connectivity index (χ1) is 5.09. The van der Waals surface area contributed by atoms with Crippen LogP contribution in [0.5, 0.6) is 0 Å². The molecule has 7 nitrogen and oxygen atoms in total. The van der Waals surface area contributed by atoms with Crippen molar-refractivity contribution in [2.45, 2.75) is 13.0 Å². The summed E-state index contributed by atoms with van der Waals surface area (Å²) >= 11 is 0. The van der Waals surface area contributed by atoms with Crippen molar-refractivity contribution >= 4 is 12.4 Å². The highest BCUT2D eigenvalue weighted by molar-refractivity contribution is 5.75. The first-order valence-electron chi connectivity index (χ1n) is 2.49. The SMILES string of the molecule is CC(NC=O)C(=O)O.O=NO. The van der Waals surface area contributed by atoms with Gasteiger partial charge in [-0.3, -0.25) is 9.59 Å². The summed E-state index contributed by atoms with van der Waals surface area (Å²) < 4.78 is 0. The van der Waals surface area contributed by atoms with E-state index in [1.165, 1.54) is 12.3 Å². The van der Waals surface area contributed by atoms with E-state index in [-0.39, 0.29) is 0 Å². The minimum atomic E-state index is -1.03. The molecule has 0 heterocycles. The summed E-state index contributed by atoms with van der Waals surface area (Å²) in [5.41, 5.74) is 0. The molecule has 0 aromatic heterocycles. The Labute approximate surface area is 62.0 Å². The number of rotatable bonds is 3. The van der Waals surface area contributed by atoms with Crippen LogP contribution in [0, 0.1) is 4.91 Å². The molecule has 0 bridgehead atoms. The third kappa shape index (κ3) is 11.8. The Kier molecular flexibility index (Phi) is 9.14. The van der Waals surface area contributed by atoms with E-state index in [4.69, 9.17) is 15.2 Å². The molecule has 0 aliphatic rings. The van der Waals surface area contributed by atoms with Crippen LogP contribution in [0.1, 0.15) is 6.92 Å². The van der Waals surface area contributed by atoms with E-state index in [2.05, 4.69) is 5.32 Å². The summed E-state index contributed by atoms with van der Waals surface area (Å²) in [6, 6.07) is -0.785. The van der Waals surface area contributed by atoms with Crippen LogP contribution < -0.4 is 5.32 Å². The van der Waals surface area contributed by atoms with Gasteiger partial charge >= 0.3 is 5.97 Å². The molecule has 0 radical (unpaired) electrons. The van der Waals surface area contributed by atoms with Crippen molar-refractivity contribution in [3.8, 4) is 0 Å². The van der Waals surface area contributed by atoms with E-state index in [1.54, 1.807) is 0 Å². The molecule has 11 heavy (non-hydrogen) atoms. The lowest BCUT2D eigenvalue weighted by Crippen LogP contribution is -2.32. The van der Waals surface area contributed by atoms with Gasteiger partial charge in [0.2, 0.25) is 6.41 Å². The summed E-state index contributed by atoms with van der Waals surface area (Å²) in [6.07, 6.45) is 0.360. The Morgan fingerprint density at radius 3 is 2.18 bits per heavy atom. The van der Waals surface area contributed by atoms with Gasteiger partial charge in [-0.15, -0.1) is 4.91 Å². The van der Waals surface area contributed by atoms with Crippen molar-refractivity contribution in [2.75, 3.05) is 0 Å². The van der Waals surface area contributed by atoms with Crippen LogP contribution in [0.15, 0.2) is 5.34 Å². The fraction of sp³-hybridized carbons (Fsp3) is 0.500. The molecule has 7 heteroatoms. The molecule has 0 saturated carbocycles. The van der Waals surface area contributed by atoms with E-state index >= 15 is 0 Å². The van der Waals surface area contributed by atoms with E-state index in [9.17, 15) is 9.59 Å². The number of aliphatic carboxylic acids is 1. The van der Waals surface area contributed by atoms with E-state index < -0.39 is 12.0 Å². The van der Waals surface area contributed by atoms with E-state index in [0.29, 0.717) is 6.41 Å². The normalized spacial score (nSPS) is 9.91. The number of nitrogens with zero attached hydrogens (tertiary/aromatic N) is 1. The smallest absolute Gasteiger partial charge is 0.325 e. The van der Waals surface area contributed by atoms with Crippen molar-refractivity contribution in [1.29, 1.82) is 0 Å². The summed E-state index contributed by atoms with van der Waals surface area (Å²) in [7, 11) is 0. The standard InChI is InChI=1S/C4H7NO3.HNO2/c1-3(4(7)8)5-2-6;2-1-3/h2-3H,1H3,(H,5,6)(H,7,8);(H,2,3).